The summed E-state index contributed by atoms with van der Waals surface area (Å²) in [5.74, 6) is 0. The molecule has 0 N–H and O–H groups in total. The molecule has 0 radical (unpaired) electrons. The first kappa shape index (κ1) is 18.2. The van der Waals surface area contributed by atoms with E-state index in [1.54, 1.807) is 14.0 Å². The van der Waals surface area contributed by atoms with Crippen LogP contribution in [0.4, 0.5) is 5.69 Å². The average molecular weight is 383 g/mol. The largest absolute Gasteiger partial charge is 0.369 e. The zero-order chi connectivity index (χ0) is 18.4. The Morgan fingerprint density at radius 3 is 2.24 bits per heavy atom. The lowest BCUT2D eigenvalue weighted by molar-refractivity contribution is 0.384. The van der Waals surface area contributed by atoms with Gasteiger partial charge in [0, 0.05) is 38.9 Å². The number of aryl methyl sites for hydroxylation is 4. The number of anilines is 1. The summed E-state index contributed by atoms with van der Waals surface area (Å²) in [6, 6.07) is 6.35. The van der Waals surface area contributed by atoms with Crippen molar-refractivity contribution in [2.45, 2.75) is 25.7 Å². The summed E-state index contributed by atoms with van der Waals surface area (Å²) in [6.07, 6.45) is 0. The van der Waals surface area contributed by atoms with Crippen molar-refractivity contribution in [3.63, 3.8) is 0 Å². The predicted molar refractivity (Wildman–Crippen MR) is 99.8 cm³/mol. The second-order valence-electron chi connectivity index (χ2n) is 6.51. The summed E-state index contributed by atoms with van der Waals surface area (Å²) in [6.45, 7) is 8.00. The van der Waals surface area contributed by atoms with Crippen molar-refractivity contribution in [2.75, 3.05) is 31.1 Å². The van der Waals surface area contributed by atoms with Crippen LogP contribution in [0.2, 0.25) is 5.15 Å². The first-order valence-electron chi connectivity index (χ1n) is 8.23. The third kappa shape index (κ3) is 3.28. The molecule has 1 aliphatic heterocycles. The van der Waals surface area contributed by atoms with Gasteiger partial charge in [-0.1, -0.05) is 29.3 Å². The third-order valence-electron chi connectivity index (χ3n) is 4.63. The molecule has 136 valence electrons. The summed E-state index contributed by atoms with van der Waals surface area (Å²) >= 11 is 6.16. The lowest BCUT2D eigenvalue weighted by Gasteiger charge is -2.36. The second-order valence-corrected chi connectivity index (χ2v) is 8.74. The summed E-state index contributed by atoms with van der Waals surface area (Å²) in [5, 5.41) is 4.28. The van der Waals surface area contributed by atoms with Crippen LogP contribution in [0, 0.1) is 20.8 Å². The summed E-state index contributed by atoms with van der Waals surface area (Å²) in [4.78, 5) is 2.36. The fourth-order valence-electron chi connectivity index (χ4n) is 3.36. The smallest absolute Gasteiger partial charge is 0.248 e. The van der Waals surface area contributed by atoms with Crippen LogP contribution >= 0.6 is 11.6 Å². The molecule has 2 heterocycles. The van der Waals surface area contributed by atoms with E-state index in [4.69, 9.17) is 11.6 Å². The Hall–Kier alpha value is -1.57. The van der Waals surface area contributed by atoms with Crippen LogP contribution in [0.5, 0.6) is 0 Å². The van der Waals surface area contributed by atoms with E-state index in [-0.39, 0.29) is 10.0 Å². The van der Waals surface area contributed by atoms with Crippen LogP contribution in [-0.4, -0.2) is 48.7 Å². The lowest BCUT2D eigenvalue weighted by atomic mass is 10.1. The average Bonchev–Trinajstić information content (AvgIpc) is 2.80. The Morgan fingerprint density at radius 1 is 1.08 bits per heavy atom. The second kappa shape index (κ2) is 6.63. The summed E-state index contributed by atoms with van der Waals surface area (Å²) in [5.41, 5.74) is 4.04. The molecule has 6 nitrogen and oxygen atoms in total. The van der Waals surface area contributed by atoms with E-state index in [1.165, 1.54) is 25.8 Å². The van der Waals surface area contributed by atoms with Crippen LogP contribution in [0.3, 0.4) is 0 Å². The number of rotatable bonds is 3. The first-order chi connectivity index (χ1) is 11.7. The molecule has 0 aliphatic carbocycles. The maximum Gasteiger partial charge on any atom is 0.248 e. The Kier molecular flexibility index (Phi) is 4.83. The molecule has 1 saturated heterocycles. The van der Waals surface area contributed by atoms with Gasteiger partial charge in [-0.05, 0) is 32.4 Å². The highest BCUT2D eigenvalue weighted by molar-refractivity contribution is 7.89. The zero-order valence-corrected chi connectivity index (χ0v) is 16.5. The summed E-state index contributed by atoms with van der Waals surface area (Å²) < 4.78 is 28.8. The van der Waals surface area contributed by atoms with E-state index in [9.17, 15) is 8.42 Å². The van der Waals surface area contributed by atoms with Gasteiger partial charge in [-0.15, -0.1) is 0 Å². The van der Waals surface area contributed by atoms with Gasteiger partial charge in [-0.25, -0.2) is 8.42 Å². The molecule has 0 saturated carbocycles. The van der Waals surface area contributed by atoms with Crippen molar-refractivity contribution in [1.29, 1.82) is 0 Å². The molecule has 8 heteroatoms. The highest BCUT2D eigenvalue weighted by Gasteiger charge is 2.33. The molecular formula is C17H23ClN4O2S. The maximum atomic E-state index is 13.0. The van der Waals surface area contributed by atoms with Crippen LogP contribution in [0.25, 0.3) is 0 Å². The SMILES string of the molecule is Cc1ccc(N2CCN(S(=O)(=O)c3c(C)nn(C)c3Cl)CC2)c(C)c1. The van der Waals surface area contributed by atoms with E-state index in [0.29, 0.717) is 31.9 Å². The van der Waals surface area contributed by atoms with Gasteiger partial charge in [-0.3, -0.25) is 4.68 Å². The highest BCUT2D eigenvalue weighted by Crippen LogP contribution is 2.29. The number of piperazine rings is 1. The standard InChI is InChI=1S/C17H23ClN4O2S/c1-12-5-6-15(13(2)11-12)21-7-9-22(10-8-21)25(23,24)16-14(3)19-20(4)17(16)18/h5-6,11H,7-10H2,1-4H3. The number of aromatic nitrogens is 2. The van der Waals surface area contributed by atoms with Gasteiger partial charge >= 0.3 is 0 Å². The molecule has 1 aromatic heterocycles. The van der Waals surface area contributed by atoms with Gasteiger partial charge < -0.3 is 4.90 Å². The monoisotopic (exact) mass is 382 g/mol. The van der Waals surface area contributed by atoms with Crippen LogP contribution in [0.15, 0.2) is 23.1 Å². The zero-order valence-electron chi connectivity index (χ0n) is 15.0. The number of hydrogen-bond acceptors (Lipinski definition) is 4. The molecule has 0 atom stereocenters. The number of sulfonamides is 1. The predicted octanol–water partition coefficient (Wildman–Crippen LogP) is 2.51. The number of nitrogens with zero attached hydrogens (tertiary/aromatic N) is 4. The Balaban J connectivity index is 1.80. The Labute approximate surface area is 154 Å². The fourth-order valence-corrected chi connectivity index (χ4v) is 5.49. The third-order valence-corrected chi connectivity index (χ3v) is 7.22. The van der Waals surface area contributed by atoms with Crippen molar-refractivity contribution in [3.05, 3.63) is 40.2 Å². The van der Waals surface area contributed by atoms with Gasteiger partial charge in [0.05, 0.1) is 5.69 Å². The van der Waals surface area contributed by atoms with Gasteiger partial charge in [0.15, 0.2) is 0 Å². The molecule has 1 aromatic carbocycles. The maximum absolute atomic E-state index is 13.0. The molecule has 0 bridgehead atoms. The minimum Gasteiger partial charge on any atom is -0.369 e. The van der Waals surface area contributed by atoms with Crippen molar-refractivity contribution >= 4 is 27.3 Å². The van der Waals surface area contributed by atoms with E-state index >= 15 is 0 Å². The van der Waals surface area contributed by atoms with E-state index in [1.807, 2.05) is 0 Å². The quantitative estimate of drug-likeness (QED) is 0.818. The Bertz CT molecular complexity index is 900. The minimum absolute atomic E-state index is 0.122. The molecule has 2 aromatic rings. The van der Waals surface area contributed by atoms with Gasteiger partial charge in [0.25, 0.3) is 0 Å². The van der Waals surface area contributed by atoms with Crippen molar-refractivity contribution < 1.29 is 8.42 Å². The number of hydrogen-bond donors (Lipinski definition) is 0. The fraction of sp³-hybridized carbons (Fsp3) is 0.471. The molecule has 0 unspecified atom stereocenters. The molecule has 3 rings (SSSR count). The minimum atomic E-state index is -3.63. The molecular weight excluding hydrogens is 360 g/mol. The molecule has 25 heavy (non-hydrogen) atoms. The van der Waals surface area contributed by atoms with Crippen molar-refractivity contribution in [3.8, 4) is 0 Å². The number of halogens is 1. The molecule has 0 spiro atoms. The highest BCUT2D eigenvalue weighted by atomic mass is 35.5. The molecule has 1 fully saturated rings. The van der Waals surface area contributed by atoms with Gasteiger partial charge in [0.1, 0.15) is 10.0 Å². The van der Waals surface area contributed by atoms with Gasteiger partial charge in [-0.2, -0.15) is 9.40 Å². The van der Waals surface area contributed by atoms with E-state index in [0.717, 1.165) is 0 Å². The molecule has 1 aliphatic rings. The summed E-state index contributed by atoms with van der Waals surface area (Å²) in [7, 11) is -1.99. The first-order valence-corrected chi connectivity index (χ1v) is 10.0. The topological polar surface area (TPSA) is 58.4 Å². The van der Waals surface area contributed by atoms with Crippen molar-refractivity contribution in [2.24, 2.45) is 7.05 Å². The lowest BCUT2D eigenvalue weighted by Crippen LogP contribution is -2.49. The van der Waals surface area contributed by atoms with Gasteiger partial charge in [0.2, 0.25) is 10.0 Å². The molecule has 0 amide bonds. The van der Waals surface area contributed by atoms with Crippen LogP contribution < -0.4 is 4.90 Å². The van der Waals surface area contributed by atoms with Crippen LogP contribution in [0.1, 0.15) is 16.8 Å². The number of benzene rings is 1. The normalized spacial score (nSPS) is 16.4. The van der Waals surface area contributed by atoms with Crippen molar-refractivity contribution in [1.82, 2.24) is 14.1 Å². The van der Waals surface area contributed by atoms with E-state index in [2.05, 4.69) is 42.0 Å². The van der Waals surface area contributed by atoms with Crippen LogP contribution in [-0.2, 0) is 17.1 Å². The Morgan fingerprint density at radius 2 is 1.72 bits per heavy atom. The van der Waals surface area contributed by atoms with E-state index < -0.39 is 10.0 Å².